The van der Waals surface area contributed by atoms with E-state index in [1.165, 1.54) is 0 Å². The maximum Gasteiger partial charge on any atom is 0.241 e. The number of nitrogens with zero attached hydrogens (tertiary/aromatic N) is 1. The van der Waals surface area contributed by atoms with Crippen molar-refractivity contribution in [3.8, 4) is 0 Å². The van der Waals surface area contributed by atoms with Crippen LogP contribution in [0, 0.1) is 5.92 Å². The summed E-state index contributed by atoms with van der Waals surface area (Å²) in [5, 5.41) is 0. The van der Waals surface area contributed by atoms with Gasteiger partial charge < -0.3 is 10.6 Å². The molecule has 1 amide bonds. The predicted octanol–water partition coefficient (Wildman–Crippen LogP) is 1.23. The summed E-state index contributed by atoms with van der Waals surface area (Å²) in [6, 6.07) is 0. The van der Waals surface area contributed by atoms with E-state index < -0.39 is 5.54 Å². The van der Waals surface area contributed by atoms with Gasteiger partial charge in [-0.25, -0.2) is 0 Å². The lowest BCUT2D eigenvalue weighted by Gasteiger charge is -2.26. The molecule has 3 nitrogen and oxygen atoms in total. The van der Waals surface area contributed by atoms with Crippen molar-refractivity contribution in [2.24, 2.45) is 11.7 Å². The van der Waals surface area contributed by atoms with Crippen LogP contribution < -0.4 is 5.73 Å². The molecule has 0 aliphatic heterocycles. The van der Waals surface area contributed by atoms with Crippen LogP contribution in [0.25, 0.3) is 0 Å². The van der Waals surface area contributed by atoms with Gasteiger partial charge in [-0.2, -0.15) is 0 Å². The van der Waals surface area contributed by atoms with Gasteiger partial charge in [0.25, 0.3) is 0 Å². The Morgan fingerprint density at radius 2 is 1.92 bits per heavy atom. The van der Waals surface area contributed by atoms with Crippen LogP contribution in [-0.2, 0) is 4.79 Å². The van der Waals surface area contributed by atoms with Crippen LogP contribution in [-0.4, -0.2) is 29.9 Å². The van der Waals surface area contributed by atoms with E-state index in [2.05, 4.69) is 13.8 Å². The number of hydrogen-bond acceptors (Lipinski definition) is 2. The van der Waals surface area contributed by atoms with E-state index in [1.54, 1.807) is 25.8 Å². The lowest BCUT2D eigenvalue weighted by atomic mass is 10.0. The zero-order chi connectivity index (χ0) is 10.6. The smallest absolute Gasteiger partial charge is 0.241 e. The van der Waals surface area contributed by atoms with E-state index in [9.17, 15) is 4.79 Å². The van der Waals surface area contributed by atoms with Crippen molar-refractivity contribution >= 4 is 5.91 Å². The molecule has 0 atom stereocenters. The zero-order valence-electron chi connectivity index (χ0n) is 9.42. The molecule has 78 valence electrons. The molecule has 13 heavy (non-hydrogen) atoms. The molecule has 0 aliphatic carbocycles. The lowest BCUT2D eigenvalue weighted by molar-refractivity contribution is -0.134. The molecule has 0 aromatic heterocycles. The molecule has 0 spiro atoms. The Balaban J connectivity index is 3.98. The van der Waals surface area contributed by atoms with Crippen molar-refractivity contribution in [2.75, 3.05) is 13.6 Å². The average molecular weight is 186 g/mol. The summed E-state index contributed by atoms with van der Waals surface area (Å²) in [5.74, 6) is 0.629. The minimum Gasteiger partial charge on any atom is -0.344 e. The van der Waals surface area contributed by atoms with Crippen LogP contribution in [0.5, 0.6) is 0 Å². The van der Waals surface area contributed by atoms with Crippen LogP contribution in [0.4, 0.5) is 0 Å². The molecule has 0 radical (unpaired) electrons. The first-order valence-electron chi connectivity index (χ1n) is 4.79. The Morgan fingerprint density at radius 3 is 2.23 bits per heavy atom. The summed E-state index contributed by atoms with van der Waals surface area (Å²) in [7, 11) is 1.80. The van der Waals surface area contributed by atoms with Crippen LogP contribution in [0.3, 0.4) is 0 Å². The third-order valence-corrected chi connectivity index (χ3v) is 1.94. The van der Waals surface area contributed by atoms with Crippen molar-refractivity contribution in [3.05, 3.63) is 0 Å². The second-order valence-electron chi connectivity index (χ2n) is 4.63. The summed E-state index contributed by atoms with van der Waals surface area (Å²) in [6.07, 6.45) is 1.03. The van der Waals surface area contributed by atoms with Gasteiger partial charge >= 0.3 is 0 Å². The van der Waals surface area contributed by atoms with Gasteiger partial charge in [-0.3, -0.25) is 4.79 Å². The Bertz CT molecular complexity index is 170. The molecule has 0 fully saturated rings. The molecule has 2 N–H and O–H groups in total. The van der Waals surface area contributed by atoms with Gasteiger partial charge in [-0.15, -0.1) is 0 Å². The number of likely N-dealkylation sites (N-methyl/N-ethyl adjacent to an activating group) is 1. The summed E-state index contributed by atoms with van der Waals surface area (Å²) >= 11 is 0. The summed E-state index contributed by atoms with van der Waals surface area (Å²) < 4.78 is 0. The second-order valence-corrected chi connectivity index (χ2v) is 4.63. The molecule has 0 rings (SSSR count). The van der Waals surface area contributed by atoms with Crippen LogP contribution in [0.1, 0.15) is 34.1 Å². The first kappa shape index (κ1) is 12.4. The quantitative estimate of drug-likeness (QED) is 0.717. The maximum atomic E-state index is 11.6. The molecule has 0 aliphatic rings. The first-order valence-corrected chi connectivity index (χ1v) is 4.79. The summed E-state index contributed by atoms with van der Waals surface area (Å²) in [5.41, 5.74) is 4.95. The molecule has 0 aromatic rings. The molecule has 0 unspecified atom stereocenters. The molecule has 0 aromatic carbocycles. The number of hydrogen-bond donors (Lipinski definition) is 1. The van der Waals surface area contributed by atoms with E-state index in [-0.39, 0.29) is 5.91 Å². The van der Waals surface area contributed by atoms with Crippen LogP contribution in [0.15, 0.2) is 0 Å². The molecular weight excluding hydrogens is 164 g/mol. The third kappa shape index (κ3) is 4.88. The van der Waals surface area contributed by atoms with Gasteiger partial charge in [0.15, 0.2) is 0 Å². The summed E-state index contributed by atoms with van der Waals surface area (Å²) in [4.78, 5) is 13.3. The highest BCUT2D eigenvalue weighted by Crippen LogP contribution is 2.06. The van der Waals surface area contributed by atoms with Gasteiger partial charge in [0.1, 0.15) is 0 Å². The minimum absolute atomic E-state index is 0.00755. The van der Waals surface area contributed by atoms with Gasteiger partial charge in [0, 0.05) is 13.6 Å². The Hall–Kier alpha value is -0.570. The molecule has 0 bridgehead atoms. The van der Waals surface area contributed by atoms with E-state index in [1.807, 2.05) is 0 Å². The van der Waals surface area contributed by atoms with E-state index in [0.29, 0.717) is 5.92 Å². The van der Waals surface area contributed by atoms with Crippen molar-refractivity contribution < 1.29 is 4.79 Å². The zero-order valence-corrected chi connectivity index (χ0v) is 9.42. The predicted molar refractivity (Wildman–Crippen MR) is 55.4 cm³/mol. The highest BCUT2D eigenvalue weighted by molar-refractivity contribution is 5.84. The summed E-state index contributed by atoms with van der Waals surface area (Å²) in [6.45, 7) is 8.55. The third-order valence-electron chi connectivity index (χ3n) is 1.94. The fourth-order valence-electron chi connectivity index (χ4n) is 1.05. The first-order chi connectivity index (χ1) is 5.75. The molecule has 3 heteroatoms. The number of carbonyl (C=O) groups excluding carboxylic acids is 1. The van der Waals surface area contributed by atoms with Crippen molar-refractivity contribution in [1.29, 1.82) is 0 Å². The maximum absolute atomic E-state index is 11.6. The average Bonchev–Trinajstić information content (AvgIpc) is 1.96. The monoisotopic (exact) mass is 186 g/mol. The number of carbonyl (C=O) groups is 1. The van der Waals surface area contributed by atoms with Crippen molar-refractivity contribution in [3.63, 3.8) is 0 Å². The Morgan fingerprint density at radius 1 is 1.46 bits per heavy atom. The Kier molecular flexibility index (Phi) is 4.40. The molecular formula is C10H22N2O. The van der Waals surface area contributed by atoms with E-state index in [4.69, 9.17) is 5.73 Å². The van der Waals surface area contributed by atoms with Crippen molar-refractivity contribution in [2.45, 2.75) is 39.7 Å². The number of nitrogens with two attached hydrogens (primary N) is 1. The Labute approximate surface area is 81.3 Å². The van der Waals surface area contributed by atoms with Crippen molar-refractivity contribution in [1.82, 2.24) is 4.90 Å². The minimum atomic E-state index is -0.744. The van der Waals surface area contributed by atoms with Crippen LogP contribution in [0.2, 0.25) is 0 Å². The van der Waals surface area contributed by atoms with E-state index in [0.717, 1.165) is 13.0 Å². The van der Waals surface area contributed by atoms with Gasteiger partial charge in [0.05, 0.1) is 5.54 Å². The molecule has 0 saturated carbocycles. The fourth-order valence-corrected chi connectivity index (χ4v) is 1.05. The lowest BCUT2D eigenvalue weighted by Crippen LogP contribution is -2.50. The SMILES string of the molecule is CC(C)CCN(C)C(=O)C(C)(C)N. The van der Waals surface area contributed by atoms with E-state index >= 15 is 0 Å². The molecule has 0 heterocycles. The highest BCUT2D eigenvalue weighted by atomic mass is 16.2. The number of rotatable bonds is 4. The second kappa shape index (κ2) is 4.61. The molecule has 0 saturated heterocycles. The fraction of sp³-hybridized carbons (Fsp3) is 0.900. The standard InChI is InChI=1S/C10H22N2O/c1-8(2)6-7-12(5)9(13)10(3,4)11/h8H,6-7,11H2,1-5H3. The van der Waals surface area contributed by atoms with Gasteiger partial charge in [0.2, 0.25) is 5.91 Å². The largest absolute Gasteiger partial charge is 0.344 e. The van der Waals surface area contributed by atoms with Gasteiger partial charge in [-0.1, -0.05) is 13.8 Å². The topological polar surface area (TPSA) is 46.3 Å². The van der Waals surface area contributed by atoms with Crippen LogP contribution >= 0.6 is 0 Å². The van der Waals surface area contributed by atoms with Gasteiger partial charge in [-0.05, 0) is 26.2 Å². The highest BCUT2D eigenvalue weighted by Gasteiger charge is 2.25. The normalized spacial score (nSPS) is 11.9. The number of amides is 1.